The molecule has 0 amide bonds. The first-order valence-corrected chi connectivity index (χ1v) is 4.94. The number of hydrogen-bond acceptors (Lipinski definition) is 1. The Morgan fingerprint density at radius 1 is 1.13 bits per heavy atom. The van der Waals surface area contributed by atoms with Crippen LogP contribution in [0.4, 0.5) is 18.9 Å². The molecule has 0 aromatic heterocycles. The molecule has 2 rings (SSSR count). The predicted molar refractivity (Wildman–Crippen MR) is 52.8 cm³/mol. The van der Waals surface area contributed by atoms with Gasteiger partial charge in [0, 0.05) is 18.8 Å². The van der Waals surface area contributed by atoms with Gasteiger partial charge in [-0.15, -0.1) is 0 Å². The van der Waals surface area contributed by atoms with Gasteiger partial charge in [0.15, 0.2) is 0 Å². The summed E-state index contributed by atoms with van der Waals surface area (Å²) in [7, 11) is 0. The van der Waals surface area contributed by atoms with Gasteiger partial charge >= 0.3 is 6.18 Å². The molecule has 1 aliphatic heterocycles. The maximum absolute atomic E-state index is 12.4. The van der Waals surface area contributed by atoms with E-state index in [0.29, 0.717) is 6.54 Å². The molecule has 0 radical (unpaired) electrons. The minimum atomic E-state index is -4.05. The number of alkyl halides is 3. The van der Waals surface area contributed by atoms with Crippen molar-refractivity contribution in [2.24, 2.45) is 5.92 Å². The second kappa shape index (κ2) is 3.76. The van der Waals surface area contributed by atoms with E-state index in [4.69, 9.17) is 0 Å². The van der Waals surface area contributed by atoms with E-state index in [2.05, 4.69) is 0 Å². The van der Waals surface area contributed by atoms with E-state index in [1.165, 1.54) is 0 Å². The van der Waals surface area contributed by atoms with Gasteiger partial charge in [0.25, 0.3) is 0 Å². The molecule has 82 valence electrons. The lowest BCUT2D eigenvalue weighted by Gasteiger charge is -2.19. The topological polar surface area (TPSA) is 3.24 Å². The summed E-state index contributed by atoms with van der Waals surface area (Å²) >= 11 is 0. The number of rotatable bonds is 1. The molecule has 0 bridgehead atoms. The molecule has 1 heterocycles. The van der Waals surface area contributed by atoms with Crippen molar-refractivity contribution in [1.82, 2.24) is 0 Å². The highest BCUT2D eigenvalue weighted by atomic mass is 19.4. The quantitative estimate of drug-likeness (QED) is 0.695. The summed E-state index contributed by atoms with van der Waals surface area (Å²) < 4.78 is 37.3. The molecule has 1 atom stereocenters. The van der Waals surface area contributed by atoms with Crippen LogP contribution < -0.4 is 4.90 Å². The Kier molecular flexibility index (Phi) is 2.59. The molecule has 0 N–H and O–H groups in total. The van der Waals surface area contributed by atoms with Gasteiger partial charge in [-0.25, -0.2) is 0 Å². The fourth-order valence-electron chi connectivity index (χ4n) is 1.90. The first-order chi connectivity index (χ1) is 7.07. The number of anilines is 1. The number of nitrogens with zero attached hydrogens (tertiary/aromatic N) is 1. The molecule has 0 spiro atoms. The first kappa shape index (κ1) is 10.3. The molecule has 0 aliphatic carbocycles. The summed E-state index contributed by atoms with van der Waals surface area (Å²) in [6, 6.07) is 9.24. The Morgan fingerprint density at radius 2 is 1.80 bits per heavy atom. The Balaban J connectivity index is 2.05. The third-order valence-corrected chi connectivity index (χ3v) is 2.77. The molecular formula is C11H12F3N. The van der Waals surface area contributed by atoms with Gasteiger partial charge in [0.2, 0.25) is 0 Å². The van der Waals surface area contributed by atoms with Crippen molar-refractivity contribution in [2.75, 3.05) is 18.0 Å². The third kappa shape index (κ3) is 2.25. The van der Waals surface area contributed by atoms with E-state index in [0.717, 1.165) is 5.69 Å². The standard InChI is InChI=1S/C11H12F3N/c12-11(13,14)9-6-7-15(8-9)10-4-2-1-3-5-10/h1-5,9H,6-8H2/t9-/m0/s1. The van der Waals surface area contributed by atoms with Crippen LogP contribution in [0.1, 0.15) is 6.42 Å². The summed E-state index contributed by atoms with van der Waals surface area (Å²) in [4.78, 5) is 1.79. The van der Waals surface area contributed by atoms with Crippen molar-refractivity contribution in [3.05, 3.63) is 30.3 Å². The van der Waals surface area contributed by atoms with E-state index >= 15 is 0 Å². The lowest BCUT2D eigenvalue weighted by Crippen LogP contribution is -2.27. The molecule has 1 saturated heterocycles. The zero-order chi connectivity index (χ0) is 10.9. The van der Waals surface area contributed by atoms with Crippen molar-refractivity contribution in [3.63, 3.8) is 0 Å². The molecule has 1 aliphatic rings. The Bertz CT molecular complexity index is 320. The van der Waals surface area contributed by atoms with E-state index in [9.17, 15) is 13.2 Å². The van der Waals surface area contributed by atoms with Crippen LogP contribution in [0.25, 0.3) is 0 Å². The van der Waals surface area contributed by atoms with E-state index in [-0.39, 0.29) is 13.0 Å². The largest absolute Gasteiger partial charge is 0.393 e. The van der Waals surface area contributed by atoms with Crippen LogP contribution in [0, 0.1) is 5.92 Å². The van der Waals surface area contributed by atoms with E-state index in [1.54, 1.807) is 4.90 Å². The number of hydrogen-bond donors (Lipinski definition) is 0. The summed E-state index contributed by atoms with van der Waals surface area (Å²) in [5.74, 6) is -1.17. The molecule has 1 nitrogen and oxygen atoms in total. The molecule has 0 saturated carbocycles. The summed E-state index contributed by atoms with van der Waals surface area (Å²) in [6.07, 6.45) is -3.85. The van der Waals surface area contributed by atoms with Crippen LogP contribution in [0.2, 0.25) is 0 Å². The normalized spacial score (nSPS) is 22.1. The maximum Gasteiger partial charge on any atom is 0.393 e. The van der Waals surface area contributed by atoms with Crippen LogP contribution in [-0.4, -0.2) is 19.3 Å². The van der Waals surface area contributed by atoms with Crippen LogP contribution in [0.5, 0.6) is 0 Å². The second-order valence-corrected chi connectivity index (χ2v) is 3.81. The molecule has 4 heteroatoms. The van der Waals surface area contributed by atoms with E-state index < -0.39 is 12.1 Å². The first-order valence-electron chi connectivity index (χ1n) is 4.94. The molecule has 1 fully saturated rings. The summed E-state index contributed by atoms with van der Waals surface area (Å²) in [5, 5.41) is 0. The maximum atomic E-state index is 12.4. The minimum Gasteiger partial charge on any atom is -0.371 e. The average molecular weight is 215 g/mol. The molecule has 1 aromatic rings. The van der Waals surface area contributed by atoms with Crippen LogP contribution in [0.15, 0.2) is 30.3 Å². The molecule has 0 unspecified atom stereocenters. The van der Waals surface area contributed by atoms with Crippen molar-refractivity contribution >= 4 is 5.69 Å². The summed E-state index contributed by atoms with van der Waals surface area (Å²) in [5.41, 5.74) is 0.879. The van der Waals surface area contributed by atoms with Crippen molar-refractivity contribution in [1.29, 1.82) is 0 Å². The molecule has 15 heavy (non-hydrogen) atoms. The van der Waals surface area contributed by atoms with Gasteiger partial charge in [-0.3, -0.25) is 0 Å². The highest BCUT2D eigenvalue weighted by Crippen LogP contribution is 2.35. The van der Waals surface area contributed by atoms with Crippen molar-refractivity contribution in [2.45, 2.75) is 12.6 Å². The van der Waals surface area contributed by atoms with Gasteiger partial charge in [-0.05, 0) is 18.6 Å². The SMILES string of the molecule is FC(F)(F)[C@H]1CCN(c2ccccc2)C1. The van der Waals surface area contributed by atoms with Gasteiger partial charge < -0.3 is 4.90 Å². The smallest absolute Gasteiger partial charge is 0.371 e. The van der Waals surface area contributed by atoms with E-state index in [1.807, 2.05) is 30.3 Å². The zero-order valence-electron chi connectivity index (χ0n) is 8.17. The summed E-state index contributed by atoms with van der Waals surface area (Å²) in [6.45, 7) is 0.585. The second-order valence-electron chi connectivity index (χ2n) is 3.81. The van der Waals surface area contributed by atoms with Gasteiger partial charge in [-0.2, -0.15) is 13.2 Å². The Hall–Kier alpha value is -1.19. The predicted octanol–water partition coefficient (Wildman–Crippen LogP) is 3.08. The fourth-order valence-corrected chi connectivity index (χ4v) is 1.90. The Morgan fingerprint density at radius 3 is 2.33 bits per heavy atom. The van der Waals surface area contributed by atoms with Gasteiger partial charge in [-0.1, -0.05) is 18.2 Å². The number of para-hydroxylation sites is 1. The van der Waals surface area contributed by atoms with Crippen molar-refractivity contribution < 1.29 is 13.2 Å². The van der Waals surface area contributed by atoms with Crippen LogP contribution in [-0.2, 0) is 0 Å². The van der Waals surface area contributed by atoms with Gasteiger partial charge in [0.05, 0.1) is 5.92 Å². The van der Waals surface area contributed by atoms with Gasteiger partial charge in [0.1, 0.15) is 0 Å². The minimum absolute atomic E-state index is 0.0908. The lowest BCUT2D eigenvalue weighted by molar-refractivity contribution is -0.168. The highest BCUT2D eigenvalue weighted by Gasteiger charge is 2.43. The molecule has 1 aromatic carbocycles. The number of halogens is 3. The van der Waals surface area contributed by atoms with Crippen molar-refractivity contribution in [3.8, 4) is 0 Å². The highest BCUT2D eigenvalue weighted by molar-refractivity contribution is 5.46. The fraction of sp³-hybridized carbons (Fsp3) is 0.455. The average Bonchev–Trinajstić information content (AvgIpc) is 2.67. The number of benzene rings is 1. The molecular weight excluding hydrogens is 203 g/mol. The monoisotopic (exact) mass is 215 g/mol. The van der Waals surface area contributed by atoms with Crippen LogP contribution >= 0.6 is 0 Å². The van der Waals surface area contributed by atoms with Crippen LogP contribution in [0.3, 0.4) is 0 Å². The lowest BCUT2D eigenvalue weighted by atomic mass is 10.1. The zero-order valence-corrected chi connectivity index (χ0v) is 8.17. The third-order valence-electron chi connectivity index (χ3n) is 2.77. The Labute approximate surface area is 86.5 Å².